The summed E-state index contributed by atoms with van der Waals surface area (Å²) in [6.07, 6.45) is 0. The van der Waals surface area contributed by atoms with Crippen LogP contribution < -0.4 is 0 Å². The Kier molecular flexibility index (Phi) is 3.66. The Morgan fingerprint density at radius 2 is 2.12 bits per heavy atom. The first-order valence-corrected chi connectivity index (χ1v) is 6.73. The summed E-state index contributed by atoms with van der Waals surface area (Å²) in [5, 5.41) is 0. The summed E-state index contributed by atoms with van der Waals surface area (Å²) < 4.78 is 13.9. The zero-order valence-corrected chi connectivity index (χ0v) is 11.9. The van der Waals surface area contributed by atoms with Gasteiger partial charge in [-0.1, -0.05) is 11.6 Å². The van der Waals surface area contributed by atoms with Crippen molar-refractivity contribution >= 4 is 44.7 Å². The van der Waals surface area contributed by atoms with E-state index in [-0.39, 0.29) is 16.1 Å². The van der Waals surface area contributed by atoms with Crippen molar-refractivity contribution in [1.29, 1.82) is 0 Å². The SMILES string of the molecule is Cc1cc(C(=O)c2ccc(F)c(Br)c2)sc1Cl. The lowest BCUT2D eigenvalue weighted by atomic mass is 10.1. The standard InChI is InChI=1S/C12H7BrClFOS/c1-6-4-10(17-12(6)14)11(16)7-2-3-9(15)8(13)5-7/h2-5H,1H3. The number of hydrogen-bond donors (Lipinski definition) is 0. The van der Waals surface area contributed by atoms with E-state index in [0.717, 1.165) is 5.56 Å². The van der Waals surface area contributed by atoms with Crippen LogP contribution in [0.5, 0.6) is 0 Å². The van der Waals surface area contributed by atoms with Crippen LogP contribution in [0.15, 0.2) is 28.7 Å². The third kappa shape index (κ3) is 2.59. The Morgan fingerprint density at radius 1 is 1.41 bits per heavy atom. The van der Waals surface area contributed by atoms with E-state index in [0.29, 0.717) is 14.8 Å². The lowest BCUT2D eigenvalue weighted by Gasteiger charge is -1.99. The average molecular weight is 334 g/mol. The first kappa shape index (κ1) is 12.7. The summed E-state index contributed by atoms with van der Waals surface area (Å²) in [6.45, 7) is 1.84. The molecule has 0 spiro atoms. The maximum absolute atomic E-state index is 13.1. The molecule has 0 saturated heterocycles. The fourth-order valence-corrected chi connectivity index (χ4v) is 2.89. The molecule has 0 bridgehead atoms. The van der Waals surface area contributed by atoms with Crippen LogP contribution in [0.3, 0.4) is 0 Å². The summed E-state index contributed by atoms with van der Waals surface area (Å²) in [5.41, 5.74) is 1.32. The van der Waals surface area contributed by atoms with Gasteiger partial charge in [-0.25, -0.2) is 4.39 Å². The lowest BCUT2D eigenvalue weighted by Crippen LogP contribution is -1.98. The molecule has 1 heterocycles. The van der Waals surface area contributed by atoms with E-state index < -0.39 is 0 Å². The molecule has 1 nitrogen and oxygen atoms in total. The molecule has 0 aliphatic carbocycles. The molecule has 1 aromatic heterocycles. The molecule has 0 saturated carbocycles. The Morgan fingerprint density at radius 3 is 2.65 bits per heavy atom. The zero-order chi connectivity index (χ0) is 12.6. The monoisotopic (exact) mass is 332 g/mol. The summed E-state index contributed by atoms with van der Waals surface area (Å²) in [6, 6.07) is 5.94. The molecule has 0 aliphatic heterocycles. The second-order valence-corrected chi connectivity index (χ2v) is 6.03. The number of carbonyl (C=O) groups excluding carboxylic acids is 1. The smallest absolute Gasteiger partial charge is 0.203 e. The number of ketones is 1. The molecule has 0 radical (unpaired) electrons. The van der Waals surface area contributed by atoms with Gasteiger partial charge in [0.15, 0.2) is 0 Å². The van der Waals surface area contributed by atoms with Gasteiger partial charge in [-0.05, 0) is 52.7 Å². The van der Waals surface area contributed by atoms with E-state index in [4.69, 9.17) is 11.6 Å². The number of carbonyl (C=O) groups is 1. The molecule has 5 heteroatoms. The van der Waals surface area contributed by atoms with Gasteiger partial charge in [0.2, 0.25) is 5.78 Å². The molecule has 1 aromatic carbocycles. The van der Waals surface area contributed by atoms with Gasteiger partial charge < -0.3 is 0 Å². The van der Waals surface area contributed by atoms with E-state index in [1.807, 2.05) is 6.92 Å². The summed E-state index contributed by atoms with van der Waals surface area (Å²) in [4.78, 5) is 12.6. The molecule has 88 valence electrons. The number of aryl methyl sites for hydroxylation is 1. The van der Waals surface area contributed by atoms with Gasteiger partial charge in [0.1, 0.15) is 5.82 Å². The van der Waals surface area contributed by atoms with Gasteiger partial charge in [0.25, 0.3) is 0 Å². The van der Waals surface area contributed by atoms with Gasteiger partial charge in [0, 0.05) is 5.56 Å². The van der Waals surface area contributed by atoms with Gasteiger partial charge in [-0.15, -0.1) is 11.3 Å². The van der Waals surface area contributed by atoms with Crippen molar-refractivity contribution in [3.05, 3.63) is 54.9 Å². The number of benzene rings is 1. The highest BCUT2D eigenvalue weighted by Gasteiger charge is 2.14. The molecular weight excluding hydrogens is 327 g/mol. The van der Waals surface area contributed by atoms with Crippen LogP contribution in [-0.2, 0) is 0 Å². The first-order valence-electron chi connectivity index (χ1n) is 4.74. The fraction of sp³-hybridized carbons (Fsp3) is 0.0833. The summed E-state index contributed by atoms with van der Waals surface area (Å²) in [7, 11) is 0. The highest BCUT2D eigenvalue weighted by Crippen LogP contribution is 2.29. The fourth-order valence-electron chi connectivity index (χ4n) is 1.35. The van der Waals surface area contributed by atoms with E-state index in [1.54, 1.807) is 6.07 Å². The van der Waals surface area contributed by atoms with Crippen LogP contribution in [0.1, 0.15) is 20.8 Å². The van der Waals surface area contributed by atoms with Gasteiger partial charge in [0.05, 0.1) is 13.7 Å². The van der Waals surface area contributed by atoms with Crippen molar-refractivity contribution in [2.24, 2.45) is 0 Å². The Bertz CT molecular complexity index is 575. The van der Waals surface area contributed by atoms with Crippen LogP contribution in [0.25, 0.3) is 0 Å². The van der Waals surface area contributed by atoms with E-state index in [9.17, 15) is 9.18 Å². The van der Waals surface area contributed by atoms with E-state index in [2.05, 4.69) is 15.9 Å². The number of thiophene rings is 1. The minimum absolute atomic E-state index is 0.147. The first-order chi connectivity index (χ1) is 7.99. The van der Waals surface area contributed by atoms with Crippen LogP contribution in [0.4, 0.5) is 4.39 Å². The predicted octanol–water partition coefficient (Wildman–Crippen LogP) is 4.84. The summed E-state index contributed by atoms with van der Waals surface area (Å²) in [5.74, 6) is -0.535. The largest absolute Gasteiger partial charge is 0.288 e. The molecule has 0 fully saturated rings. The molecule has 0 amide bonds. The minimum atomic E-state index is -0.387. The number of halogens is 3. The third-order valence-electron chi connectivity index (χ3n) is 2.26. The molecule has 0 atom stereocenters. The lowest BCUT2D eigenvalue weighted by molar-refractivity contribution is 0.104. The second kappa shape index (κ2) is 4.88. The molecule has 2 aromatic rings. The molecular formula is C12H7BrClFOS. The van der Waals surface area contributed by atoms with Gasteiger partial charge in [-0.3, -0.25) is 4.79 Å². The van der Waals surface area contributed by atoms with Crippen LogP contribution >= 0.6 is 38.9 Å². The van der Waals surface area contributed by atoms with Crippen molar-refractivity contribution in [1.82, 2.24) is 0 Å². The number of rotatable bonds is 2. The van der Waals surface area contributed by atoms with Gasteiger partial charge >= 0.3 is 0 Å². The van der Waals surface area contributed by atoms with E-state index >= 15 is 0 Å². The second-order valence-electron chi connectivity index (χ2n) is 3.53. The summed E-state index contributed by atoms with van der Waals surface area (Å²) >= 11 is 10.2. The van der Waals surface area contributed by atoms with Crippen LogP contribution in [0.2, 0.25) is 4.34 Å². The van der Waals surface area contributed by atoms with Crippen molar-refractivity contribution in [3.63, 3.8) is 0 Å². The predicted molar refractivity (Wildman–Crippen MR) is 71.6 cm³/mol. The Labute approximate surface area is 115 Å². The van der Waals surface area contributed by atoms with Crippen molar-refractivity contribution in [2.45, 2.75) is 6.92 Å². The van der Waals surface area contributed by atoms with Crippen LogP contribution in [0, 0.1) is 12.7 Å². The Hall–Kier alpha value is -0.710. The number of hydrogen-bond acceptors (Lipinski definition) is 2. The minimum Gasteiger partial charge on any atom is -0.288 e. The van der Waals surface area contributed by atoms with Gasteiger partial charge in [-0.2, -0.15) is 0 Å². The zero-order valence-electron chi connectivity index (χ0n) is 8.76. The molecule has 0 aliphatic rings. The topological polar surface area (TPSA) is 17.1 Å². The van der Waals surface area contributed by atoms with Crippen molar-refractivity contribution in [3.8, 4) is 0 Å². The molecule has 0 N–H and O–H groups in total. The maximum atomic E-state index is 13.1. The average Bonchev–Trinajstić information content (AvgIpc) is 2.62. The maximum Gasteiger partial charge on any atom is 0.203 e. The third-order valence-corrected chi connectivity index (χ3v) is 4.42. The highest BCUT2D eigenvalue weighted by molar-refractivity contribution is 9.10. The van der Waals surface area contributed by atoms with E-state index in [1.165, 1.54) is 29.5 Å². The molecule has 17 heavy (non-hydrogen) atoms. The molecule has 2 rings (SSSR count). The van der Waals surface area contributed by atoms with Crippen molar-refractivity contribution < 1.29 is 9.18 Å². The highest BCUT2D eigenvalue weighted by atomic mass is 79.9. The normalized spacial score (nSPS) is 10.6. The quantitative estimate of drug-likeness (QED) is 0.719. The Balaban J connectivity index is 2.40. The molecule has 0 unspecified atom stereocenters. The van der Waals surface area contributed by atoms with Crippen molar-refractivity contribution in [2.75, 3.05) is 0 Å². The van der Waals surface area contributed by atoms with Crippen LogP contribution in [-0.4, -0.2) is 5.78 Å².